The lowest BCUT2D eigenvalue weighted by molar-refractivity contribution is 0.403. The molecule has 0 radical (unpaired) electrons. The second-order valence-corrected chi connectivity index (χ2v) is 5.98. The largest absolute Gasteiger partial charge is 0.356 e. The van der Waals surface area contributed by atoms with Gasteiger partial charge in [0.15, 0.2) is 5.13 Å². The van der Waals surface area contributed by atoms with Crippen molar-refractivity contribution >= 4 is 16.5 Å². The predicted molar refractivity (Wildman–Crippen MR) is 77.8 cm³/mol. The molecule has 0 aromatic carbocycles. The minimum absolute atomic E-state index is 0.225. The van der Waals surface area contributed by atoms with Gasteiger partial charge in [-0.15, -0.1) is 11.3 Å². The quantitative estimate of drug-likeness (QED) is 0.621. The molecular formula is C14H26N2S. The van der Waals surface area contributed by atoms with Gasteiger partial charge in [-0.2, -0.15) is 0 Å². The third-order valence-corrected chi connectivity index (χ3v) is 3.94. The van der Waals surface area contributed by atoms with Gasteiger partial charge >= 0.3 is 0 Å². The molecule has 0 fully saturated rings. The van der Waals surface area contributed by atoms with Crippen LogP contribution < -0.4 is 5.32 Å². The summed E-state index contributed by atoms with van der Waals surface area (Å²) in [5.74, 6) is 0. The van der Waals surface area contributed by atoms with Gasteiger partial charge < -0.3 is 5.32 Å². The summed E-state index contributed by atoms with van der Waals surface area (Å²) in [5.41, 5.74) is 0.225. The lowest BCUT2D eigenvalue weighted by Crippen LogP contribution is -2.34. The smallest absolute Gasteiger partial charge is 0.183 e. The van der Waals surface area contributed by atoms with Crippen molar-refractivity contribution in [3.05, 3.63) is 11.6 Å². The fraction of sp³-hybridized carbons (Fsp3) is 0.786. The first-order valence-corrected chi connectivity index (χ1v) is 7.76. The van der Waals surface area contributed by atoms with E-state index in [1.165, 1.54) is 44.9 Å². The van der Waals surface area contributed by atoms with E-state index < -0.39 is 0 Å². The number of hydrogen-bond acceptors (Lipinski definition) is 3. The molecule has 0 aliphatic heterocycles. The highest BCUT2D eigenvalue weighted by atomic mass is 32.1. The van der Waals surface area contributed by atoms with Gasteiger partial charge in [-0.05, 0) is 19.8 Å². The molecule has 3 heteroatoms. The molecule has 1 unspecified atom stereocenters. The molecule has 0 amide bonds. The molecule has 2 nitrogen and oxygen atoms in total. The normalized spacial score (nSPS) is 14.5. The van der Waals surface area contributed by atoms with Gasteiger partial charge in [-0.25, -0.2) is 4.98 Å². The highest BCUT2D eigenvalue weighted by Crippen LogP contribution is 2.27. The van der Waals surface area contributed by atoms with Crippen molar-refractivity contribution in [2.45, 2.75) is 71.3 Å². The van der Waals surface area contributed by atoms with E-state index in [1.54, 1.807) is 11.3 Å². The Morgan fingerprint density at radius 2 is 1.88 bits per heavy atom. The molecule has 0 aliphatic rings. The number of thiazole rings is 1. The van der Waals surface area contributed by atoms with Crippen LogP contribution in [-0.2, 0) is 0 Å². The molecule has 1 rings (SSSR count). The van der Waals surface area contributed by atoms with Crippen molar-refractivity contribution in [2.24, 2.45) is 0 Å². The van der Waals surface area contributed by atoms with Gasteiger partial charge in [0.2, 0.25) is 0 Å². The van der Waals surface area contributed by atoms with Gasteiger partial charge in [-0.3, -0.25) is 0 Å². The maximum atomic E-state index is 4.34. The number of rotatable bonds is 9. The summed E-state index contributed by atoms with van der Waals surface area (Å²) < 4.78 is 0. The fourth-order valence-electron chi connectivity index (χ4n) is 2.13. The maximum absolute atomic E-state index is 4.34. The standard InChI is InChI=1S/C14H26N2S/c1-4-6-8-10-14(3,9-7-5-2)16-13-15-11-12-17-13/h11-12H,4-10H2,1-3H3,(H,15,16). The van der Waals surface area contributed by atoms with Crippen molar-refractivity contribution in [1.29, 1.82) is 0 Å². The molecule has 1 N–H and O–H groups in total. The van der Waals surface area contributed by atoms with E-state index in [2.05, 4.69) is 31.1 Å². The number of aromatic nitrogens is 1. The van der Waals surface area contributed by atoms with Crippen molar-refractivity contribution in [2.75, 3.05) is 5.32 Å². The van der Waals surface area contributed by atoms with E-state index >= 15 is 0 Å². The Morgan fingerprint density at radius 3 is 2.47 bits per heavy atom. The topological polar surface area (TPSA) is 24.9 Å². The second-order valence-electron chi connectivity index (χ2n) is 5.08. The van der Waals surface area contributed by atoms with Crippen LogP contribution in [0.4, 0.5) is 5.13 Å². The van der Waals surface area contributed by atoms with Crippen LogP contribution in [0.15, 0.2) is 11.6 Å². The van der Waals surface area contributed by atoms with E-state index in [4.69, 9.17) is 0 Å². The Hall–Kier alpha value is -0.570. The summed E-state index contributed by atoms with van der Waals surface area (Å²) >= 11 is 1.70. The zero-order valence-electron chi connectivity index (χ0n) is 11.5. The Kier molecular flexibility index (Phi) is 6.56. The fourth-order valence-corrected chi connectivity index (χ4v) is 2.80. The molecule has 0 saturated carbocycles. The Morgan fingerprint density at radius 1 is 1.18 bits per heavy atom. The van der Waals surface area contributed by atoms with Crippen LogP contribution in [0.3, 0.4) is 0 Å². The average Bonchev–Trinajstić information content (AvgIpc) is 2.79. The average molecular weight is 254 g/mol. The molecule has 0 aliphatic carbocycles. The Balaban J connectivity index is 2.50. The van der Waals surface area contributed by atoms with Gasteiger partial charge in [0.1, 0.15) is 0 Å². The molecule has 0 bridgehead atoms. The highest BCUT2D eigenvalue weighted by Gasteiger charge is 2.23. The zero-order chi connectivity index (χ0) is 12.6. The summed E-state index contributed by atoms with van der Waals surface area (Å²) in [6.45, 7) is 6.87. The highest BCUT2D eigenvalue weighted by molar-refractivity contribution is 7.13. The lowest BCUT2D eigenvalue weighted by atomic mass is 9.89. The summed E-state index contributed by atoms with van der Waals surface area (Å²) in [7, 11) is 0. The number of unbranched alkanes of at least 4 members (excludes halogenated alkanes) is 3. The first-order chi connectivity index (χ1) is 8.20. The van der Waals surface area contributed by atoms with Crippen molar-refractivity contribution < 1.29 is 0 Å². The summed E-state index contributed by atoms with van der Waals surface area (Å²) in [4.78, 5) is 4.34. The molecule has 1 heterocycles. The third kappa shape index (κ3) is 5.53. The summed E-state index contributed by atoms with van der Waals surface area (Å²) in [6.07, 6.45) is 10.9. The first kappa shape index (κ1) is 14.5. The van der Waals surface area contributed by atoms with Gasteiger partial charge in [-0.1, -0.05) is 46.0 Å². The number of hydrogen-bond donors (Lipinski definition) is 1. The Labute approximate surface area is 110 Å². The van der Waals surface area contributed by atoms with Crippen molar-refractivity contribution in [3.8, 4) is 0 Å². The number of nitrogens with one attached hydrogen (secondary N) is 1. The summed E-state index contributed by atoms with van der Waals surface area (Å²) in [6, 6.07) is 0. The van der Waals surface area contributed by atoms with Gasteiger partial charge in [0.25, 0.3) is 0 Å². The maximum Gasteiger partial charge on any atom is 0.183 e. The van der Waals surface area contributed by atoms with Crippen LogP contribution in [0.25, 0.3) is 0 Å². The van der Waals surface area contributed by atoms with E-state index in [0.29, 0.717) is 0 Å². The molecule has 1 aromatic rings. The van der Waals surface area contributed by atoms with E-state index in [-0.39, 0.29) is 5.54 Å². The molecular weight excluding hydrogens is 228 g/mol. The molecule has 1 atom stereocenters. The van der Waals surface area contributed by atoms with E-state index in [0.717, 1.165) is 5.13 Å². The molecule has 98 valence electrons. The minimum atomic E-state index is 0.225. The van der Waals surface area contributed by atoms with Gasteiger partial charge in [0, 0.05) is 17.1 Å². The number of nitrogens with zero attached hydrogens (tertiary/aromatic N) is 1. The lowest BCUT2D eigenvalue weighted by Gasteiger charge is -2.31. The second kappa shape index (κ2) is 7.70. The van der Waals surface area contributed by atoms with Crippen LogP contribution in [0.2, 0.25) is 0 Å². The van der Waals surface area contributed by atoms with E-state index in [9.17, 15) is 0 Å². The molecule has 0 spiro atoms. The van der Waals surface area contributed by atoms with Crippen LogP contribution in [-0.4, -0.2) is 10.5 Å². The molecule has 1 aromatic heterocycles. The molecule has 17 heavy (non-hydrogen) atoms. The van der Waals surface area contributed by atoms with Crippen LogP contribution in [0, 0.1) is 0 Å². The third-order valence-electron chi connectivity index (χ3n) is 3.26. The summed E-state index contributed by atoms with van der Waals surface area (Å²) in [5, 5.41) is 6.74. The van der Waals surface area contributed by atoms with Crippen molar-refractivity contribution in [3.63, 3.8) is 0 Å². The number of anilines is 1. The van der Waals surface area contributed by atoms with Crippen LogP contribution in [0.5, 0.6) is 0 Å². The zero-order valence-corrected chi connectivity index (χ0v) is 12.3. The monoisotopic (exact) mass is 254 g/mol. The van der Waals surface area contributed by atoms with Crippen LogP contribution in [0.1, 0.15) is 65.7 Å². The predicted octanol–water partition coefficient (Wildman–Crippen LogP) is 5.08. The van der Waals surface area contributed by atoms with Crippen LogP contribution >= 0.6 is 11.3 Å². The van der Waals surface area contributed by atoms with Gasteiger partial charge in [0.05, 0.1) is 0 Å². The first-order valence-electron chi connectivity index (χ1n) is 6.88. The Bertz CT molecular complexity index is 284. The SMILES string of the molecule is CCCCCC(C)(CCCC)Nc1nccs1. The minimum Gasteiger partial charge on any atom is -0.356 e. The molecule has 0 saturated heterocycles. The van der Waals surface area contributed by atoms with E-state index in [1.807, 2.05) is 11.6 Å². The van der Waals surface area contributed by atoms with Crippen molar-refractivity contribution in [1.82, 2.24) is 4.98 Å².